The molecule has 0 aliphatic heterocycles. The van der Waals surface area contributed by atoms with E-state index in [9.17, 15) is 9.59 Å². The van der Waals surface area contributed by atoms with Gasteiger partial charge in [0.1, 0.15) is 12.1 Å². The van der Waals surface area contributed by atoms with Crippen LogP contribution in [0.5, 0.6) is 6.01 Å². The summed E-state index contributed by atoms with van der Waals surface area (Å²) in [4.78, 5) is 37.8. The molecule has 0 saturated carbocycles. The lowest BCUT2D eigenvalue weighted by atomic mass is 10.1. The van der Waals surface area contributed by atoms with Gasteiger partial charge in [0, 0.05) is 6.54 Å². The maximum Gasteiger partial charge on any atom is 0.328 e. The number of aromatic amines is 1. The molecule has 2 aromatic heterocycles. The first-order chi connectivity index (χ1) is 15.4. The molecule has 0 fully saturated rings. The number of aromatic nitrogens is 4. The van der Waals surface area contributed by atoms with E-state index >= 15 is 0 Å². The minimum absolute atomic E-state index is 0.144. The summed E-state index contributed by atoms with van der Waals surface area (Å²) in [6.07, 6.45) is 2.01. The van der Waals surface area contributed by atoms with Gasteiger partial charge in [-0.15, -0.1) is 0 Å². The molecule has 1 aromatic carbocycles. The second-order valence-corrected chi connectivity index (χ2v) is 7.83. The number of nitrogens with one attached hydrogen (secondary N) is 1. The van der Waals surface area contributed by atoms with Gasteiger partial charge in [-0.05, 0) is 31.6 Å². The van der Waals surface area contributed by atoms with Gasteiger partial charge in [-0.1, -0.05) is 37.6 Å². The van der Waals surface area contributed by atoms with Gasteiger partial charge in [0.15, 0.2) is 11.5 Å². The molecule has 172 valence electrons. The van der Waals surface area contributed by atoms with Gasteiger partial charge in [0.25, 0.3) is 0 Å². The molecule has 10 nitrogen and oxygen atoms in total. The summed E-state index contributed by atoms with van der Waals surface area (Å²) in [5.41, 5.74) is 8.06. The van der Waals surface area contributed by atoms with Crippen molar-refractivity contribution in [3.63, 3.8) is 0 Å². The summed E-state index contributed by atoms with van der Waals surface area (Å²) in [6.45, 7) is 3.81. The van der Waals surface area contributed by atoms with Crippen molar-refractivity contribution in [3.05, 3.63) is 45.9 Å². The van der Waals surface area contributed by atoms with Crippen molar-refractivity contribution in [2.75, 3.05) is 39.6 Å². The average Bonchev–Trinajstić information content (AvgIpc) is 3.04. The van der Waals surface area contributed by atoms with Gasteiger partial charge in [-0.3, -0.25) is 9.36 Å². The van der Waals surface area contributed by atoms with E-state index in [1.807, 2.05) is 43.3 Å². The lowest BCUT2D eigenvalue weighted by Gasteiger charge is -2.10. The fourth-order valence-corrected chi connectivity index (χ4v) is 3.13. The molecular weight excluding hydrogens is 412 g/mol. The number of hydrogen-bond acceptors (Lipinski definition) is 8. The van der Waals surface area contributed by atoms with Gasteiger partial charge in [0.05, 0.1) is 19.6 Å². The van der Waals surface area contributed by atoms with Crippen LogP contribution in [0.15, 0.2) is 29.1 Å². The van der Waals surface area contributed by atoms with Crippen molar-refractivity contribution in [1.29, 1.82) is 0 Å². The highest BCUT2D eigenvalue weighted by Crippen LogP contribution is 2.19. The van der Waals surface area contributed by atoms with Crippen molar-refractivity contribution in [3.8, 4) is 6.01 Å². The number of hydrogen-bond donors (Lipinski definition) is 2. The minimum atomic E-state index is -0.347. The van der Waals surface area contributed by atoms with E-state index in [-0.39, 0.29) is 36.5 Å². The standard InChI is InChI=1S/C22H30N6O4/c1-4-5-10-32-21-25-19(23)18-20(26-21)28(22(30)24-18)14-16-8-6-7-15(12-16)13-17(29)31-11-9-27(2)3/h6-8,12H,4-5,9-11,13-14H2,1-3H3,(H,24,30)(H2,23,25,26). The van der Waals surface area contributed by atoms with E-state index < -0.39 is 0 Å². The Bertz CT molecular complexity index is 1120. The number of rotatable bonds is 11. The zero-order valence-electron chi connectivity index (χ0n) is 18.8. The van der Waals surface area contributed by atoms with Crippen LogP contribution in [0.2, 0.25) is 0 Å². The maximum absolute atomic E-state index is 12.6. The van der Waals surface area contributed by atoms with Crippen molar-refractivity contribution >= 4 is 23.0 Å². The molecular formula is C22H30N6O4. The van der Waals surface area contributed by atoms with Crippen LogP contribution in [-0.4, -0.2) is 64.2 Å². The number of likely N-dealkylation sites (N-methyl/N-ethyl adjacent to an activating group) is 1. The summed E-state index contributed by atoms with van der Waals surface area (Å²) in [5.74, 6) is -0.130. The summed E-state index contributed by atoms with van der Waals surface area (Å²) >= 11 is 0. The summed E-state index contributed by atoms with van der Waals surface area (Å²) in [6, 6.07) is 7.61. The van der Waals surface area contributed by atoms with Crippen molar-refractivity contribution in [2.24, 2.45) is 0 Å². The Labute approximate surface area is 186 Å². The van der Waals surface area contributed by atoms with Crippen LogP contribution in [0.1, 0.15) is 30.9 Å². The molecule has 2 heterocycles. The van der Waals surface area contributed by atoms with Crippen LogP contribution in [0.3, 0.4) is 0 Å². The van der Waals surface area contributed by atoms with E-state index in [1.54, 1.807) is 0 Å². The monoisotopic (exact) mass is 442 g/mol. The number of H-pyrrole nitrogens is 1. The summed E-state index contributed by atoms with van der Waals surface area (Å²) < 4.78 is 12.3. The van der Waals surface area contributed by atoms with Gasteiger partial charge in [-0.25, -0.2) is 4.79 Å². The number of benzene rings is 1. The van der Waals surface area contributed by atoms with Crippen LogP contribution in [-0.2, 0) is 22.5 Å². The van der Waals surface area contributed by atoms with Gasteiger partial charge in [0.2, 0.25) is 0 Å². The highest BCUT2D eigenvalue weighted by atomic mass is 16.5. The van der Waals surface area contributed by atoms with E-state index in [4.69, 9.17) is 15.2 Å². The zero-order chi connectivity index (χ0) is 23.1. The second kappa shape index (κ2) is 10.8. The number of nitrogens with two attached hydrogens (primary N) is 1. The van der Waals surface area contributed by atoms with Crippen LogP contribution >= 0.6 is 0 Å². The van der Waals surface area contributed by atoms with E-state index in [1.165, 1.54) is 4.57 Å². The number of anilines is 1. The number of esters is 1. The fraction of sp³-hybridized carbons (Fsp3) is 0.455. The molecule has 3 aromatic rings. The summed E-state index contributed by atoms with van der Waals surface area (Å²) in [5, 5.41) is 0. The molecule has 3 rings (SSSR count). The molecule has 0 spiro atoms. The van der Waals surface area contributed by atoms with Gasteiger partial charge < -0.3 is 25.1 Å². The second-order valence-electron chi connectivity index (χ2n) is 7.83. The Balaban J connectivity index is 1.77. The first-order valence-electron chi connectivity index (χ1n) is 10.6. The third-order valence-corrected chi connectivity index (χ3v) is 4.84. The Morgan fingerprint density at radius 3 is 2.75 bits per heavy atom. The number of nitrogens with zero attached hydrogens (tertiary/aromatic N) is 4. The van der Waals surface area contributed by atoms with E-state index in [0.717, 1.165) is 24.0 Å². The molecule has 0 aliphatic rings. The average molecular weight is 443 g/mol. The Kier molecular flexibility index (Phi) is 7.82. The molecule has 0 atom stereocenters. The predicted octanol–water partition coefficient (Wildman–Crippen LogP) is 1.58. The number of nitrogen functional groups attached to an aromatic ring is 1. The third kappa shape index (κ3) is 6.07. The minimum Gasteiger partial charge on any atom is -0.464 e. The predicted molar refractivity (Wildman–Crippen MR) is 122 cm³/mol. The van der Waals surface area contributed by atoms with Crippen molar-refractivity contribution in [2.45, 2.75) is 32.7 Å². The largest absolute Gasteiger partial charge is 0.464 e. The zero-order valence-corrected chi connectivity index (χ0v) is 18.8. The molecule has 0 radical (unpaired) electrons. The lowest BCUT2D eigenvalue weighted by molar-refractivity contribution is -0.143. The number of carbonyl (C=O) groups is 1. The summed E-state index contributed by atoms with van der Waals surface area (Å²) in [7, 11) is 3.84. The van der Waals surface area contributed by atoms with Crippen LogP contribution in [0.25, 0.3) is 11.2 Å². The van der Waals surface area contributed by atoms with Gasteiger partial charge in [-0.2, -0.15) is 9.97 Å². The smallest absolute Gasteiger partial charge is 0.328 e. The van der Waals surface area contributed by atoms with Crippen molar-refractivity contribution < 1.29 is 14.3 Å². The van der Waals surface area contributed by atoms with E-state index in [2.05, 4.69) is 21.9 Å². The maximum atomic E-state index is 12.6. The highest BCUT2D eigenvalue weighted by molar-refractivity contribution is 5.82. The SMILES string of the molecule is CCCCOc1nc(N)c2[nH]c(=O)n(Cc3cccc(CC(=O)OCCN(C)C)c3)c2n1. The van der Waals surface area contributed by atoms with Crippen LogP contribution in [0.4, 0.5) is 5.82 Å². The molecule has 32 heavy (non-hydrogen) atoms. The molecule has 0 unspecified atom stereocenters. The highest BCUT2D eigenvalue weighted by Gasteiger charge is 2.15. The fourth-order valence-electron chi connectivity index (χ4n) is 3.13. The number of fused-ring (bicyclic) bond motifs is 1. The van der Waals surface area contributed by atoms with Crippen LogP contribution < -0.4 is 16.2 Å². The number of imidazole rings is 1. The van der Waals surface area contributed by atoms with Crippen LogP contribution in [0, 0.1) is 0 Å². The number of carbonyl (C=O) groups excluding carboxylic acids is 1. The molecule has 0 aliphatic carbocycles. The third-order valence-electron chi connectivity index (χ3n) is 4.84. The molecule has 0 amide bonds. The molecule has 3 N–H and O–H groups in total. The Morgan fingerprint density at radius 1 is 1.22 bits per heavy atom. The molecule has 0 bridgehead atoms. The van der Waals surface area contributed by atoms with Gasteiger partial charge >= 0.3 is 17.7 Å². The first kappa shape index (κ1) is 23.3. The molecule has 0 saturated heterocycles. The lowest BCUT2D eigenvalue weighted by Crippen LogP contribution is -2.21. The normalized spacial score (nSPS) is 11.2. The van der Waals surface area contributed by atoms with Crippen molar-refractivity contribution in [1.82, 2.24) is 24.4 Å². The number of unbranched alkanes of at least 4 members (excludes halogenated alkanes) is 1. The molecule has 10 heteroatoms. The van der Waals surface area contributed by atoms with E-state index in [0.29, 0.717) is 30.9 Å². The Morgan fingerprint density at radius 2 is 2.00 bits per heavy atom. The Hall–Kier alpha value is -3.40. The first-order valence-corrected chi connectivity index (χ1v) is 10.6. The quantitative estimate of drug-likeness (QED) is 0.338. The number of ether oxygens (including phenoxy) is 2. The topological polar surface area (TPSA) is 128 Å².